The van der Waals surface area contributed by atoms with Crippen LogP contribution < -0.4 is 0 Å². The summed E-state index contributed by atoms with van der Waals surface area (Å²) in [6.45, 7) is 9.36. The third-order valence-corrected chi connectivity index (χ3v) is 3.04. The number of unbranched alkanes of at least 4 members (excludes halogenated alkanes) is 1. The van der Waals surface area contributed by atoms with Gasteiger partial charge in [-0.05, 0) is 37.2 Å². The van der Waals surface area contributed by atoms with Crippen LogP contribution in [-0.2, 0) is 19.0 Å². The smallest absolute Gasteiger partial charge is 0.306 e. The maximum absolute atomic E-state index is 11.8. The molecular formula is C17H32O4. The molecule has 0 saturated carbocycles. The Kier molecular flexibility index (Phi) is 12.3. The lowest BCUT2D eigenvalue weighted by atomic mass is 10.1. The molecule has 0 aromatic carbocycles. The monoisotopic (exact) mass is 300 g/mol. The van der Waals surface area contributed by atoms with E-state index in [0.29, 0.717) is 25.7 Å². The maximum Gasteiger partial charge on any atom is 0.306 e. The van der Waals surface area contributed by atoms with E-state index < -0.39 is 0 Å². The predicted octanol–water partition coefficient (Wildman–Crippen LogP) is 3.95. The van der Waals surface area contributed by atoms with Crippen molar-refractivity contribution in [1.29, 1.82) is 0 Å². The second-order valence-corrected chi connectivity index (χ2v) is 6.02. The molecule has 0 saturated heterocycles. The van der Waals surface area contributed by atoms with Crippen LogP contribution >= 0.6 is 0 Å². The van der Waals surface area contributed by atoms with E-state index >= 15 is 0 Å². The van der Waals surface area contributed by atoms with Gasteiger partial charge in [0.05, 0.1) is 0 Å². The van der Waals surface area contributed by atoms with Crippen molar-refractivity contribution in [3.63, 3.8) is 0 Å². The average Bonchev–Trinajstić information content (AvgIpc) is 2.42. The van der Waals surface area contributed by atoms with Gasteiger partial charge >= 0.3 is 5.97 Å². The van der Waals surface area contributed by atoms with E-state index in [4.69, 9.17) is 14.2 Å². The van der Waals surface area contributed by atoms with Crippen molar-refractivity contribution in [2.75, 3.05) is 20.5 Å². The van der Waals surface area contributed by atoms with Crippen LogP contribution in [-0.4, -0.2) is 32.6 Å². The summed E-state index contributed by atoms with van der Waals surface area (Å²) in [5.74, 6) is 0.710. The second-order valence-electron chi connectivity index (χ2n) is 6.02. The summed E-state index contributed by atoms with van der Waals surface area (Å²) in [5, 5.41) is 0. The number of carbonyl (C=O) groups is 1. The minimum Gasteiger partial charge on any atom is -0.458 e. The van der Waals surface area contributed by atoms with Crippen LogP contribution in [0.25, 0.3) is 0 Å². The van der Waals surface area contributed by atoms with Gasteiger partial charge in [-0.1, -0.05) is 33.8 Å². The molecule has 124 valence electrons. The summed E-state index contributed by atoms with van der Waals surface area (Å²) in [6.07, 6.45) is 7.15. The summed E-state index contributed by atoms with van der Waals surface area (Å²) >= 11 is 0. The van der Waals surface area contributed by atoms with Crippen molar-refractivity contribution in [3.8, 4) is 0 Å². The van der Waals surface area contributed by atoms with E-state index in [0.717, 1.165) is 19.3 Å². The minimum absolute atomic E-state index is 0.101. The zero-order valence-electron chi connectivity index (χ0n) is 14.3. The Morgan fingerprint density at radius 1 is 1.19 bits per heavy atom. The number of esters is 1. The molecule has 0 heterocycles. The van der Waals surface area contributed by atoms with Crippen LogP contribution in [0, 0.1) is 11.8 Å². The summed E-state index contributed by atoms with van der Waals surface area (Å²) in [6, 6.07) is 0. The van der Waals surface area contributed by atoms with Gasteiger partial charge in [-0.2, -0.15) is 0 Å². The van der Waals surface area contributed by atoms with Crippen molar-refractivity contribution >= 4 is 5.97 Å². The van der Waals surface area contributed by atoms with Gasteiger partial charge in [-0.25, -0.2) is 0 Å². The third-order valence-electron chi connectivity index (χ3n) is 3.04. The second kappa shape index (κ2) is 12.8. The van der Waals surface area contributed by atoms with Gasteiger partial charge in [-0.15, -0.1) is 0 Å². The molecule has 21 heavy (non-hydrogen) atoms. The number of rotatable bonds is 12. The van der Waals surface area contributed by atoms with Gasteiger partial charge in [0.25, 0.3) is 0 Å². The zero-order valence-corrected chi connectivity index (χ0v) is 14.3. The van der Waals surface area contributed by atoms with Crippen molar-refractivity contribution in [2.45, 2.75) is 59.5 Å². The highest BCUT2D eigenvalue weighted by atomic mass is 16.7. The predicted molar refractivity (Wildman–Crippen MR) is 85.0 cm³/mol. The number of hydrogen-bond acceptors (Lipinski definition) is 4. The van der Waals surface area contributed by atoms with E-state index in [1.807, 2.05) is 6.08 Å². The molecule has 0 fully saturated rings. The largest absolute Gasteiger partial charge is 0.458 e. The van der Waals surface area contributed by atoms with Crippen LogP contribution in [0.4, 0.5) is 0 Å². The minimum atomic E-state index is -0.135. The van der Waals surface area contributed by atoms with E-state index in [9.17, 15) is 4.79 Å². The molecule has 0 N–H and O–H groups in total. The zero-order chi connectivity index (χ0) is 16.1. The summed E-state index contributed by atoms with van der Waals surface area (Å²) in [7, 11) is 1.61. The molecule has 0 aromatic rings. The lowest BCUT2D eigenvalue weighted by Gasteiger charge is -2.18. The Balaban J connectivity index is 3.98. The summed E-state index contributed by atoms with van der Waals surface area (Å²) < 4.78 is 15.5. The van der Waals surface area contributed by atoms with Crippen LogP contribution in [0.1, 0.15) is 53.4 Å². The standard InChI is InChI=1S/C17H32O4/c1-14(2)10-11-17(18)21-16(15(3)4)9-7-6-8-12-20-13-19-5/h7,9,14-16H,6,8,10-13H2,1-5H3/b9-7+/t16-/m1/s1. The van der Waals surface area contributed by atoms with Crippen LogP contribution in [0.2, 0.25) is 0 Å². The van der Waals surface area contributed by atoms with Gasteiger partial charge in [0.2, 0.25) is 0 Å². The number of ether oxygens (including phenoxy) is 3. The molecule has 0 amide bonds. The van der Waals surface area contributed by atoms with Crippen LogP contribution in [0.3, 0.4) is 0 Å². The molecule has 0 bridgehead atoms. The molecule has 0 rings (SSSR count). The summed E-state index contributed by atoms with van der Waals surface area (Å²) in [4.78, 5) is 11.8. The molecule has 0 aliphatic carbocycles. The molecule has 0 aliphatic rings. The number of carbonyl (C=O) groups excluding carboxylic acids is 1. The third kappa shape index (κ3) is 12.6. The topological polar surface area (TPSA) is 44.8 Å². The van der Waals surface area contributed by atoms with E-state index in [-0.39, 0.29) is 18.0 Å². The van der Waals surface area contributed by atoms with Gasteiger partial charge in [0, 0.05) is 20.1 Å². The van der Waals surface area contributed by atoms with Crippen molar-refractivity contribution in [1.82, 2.24) is 0 Å². The lowest BCUT2D eigenvalue weighted by Crippen LogP contribution is -2.21. The van der Waals surface area contributed by atoms with Crippen molar-refractivity contribution in [2.24, 2.45) is 11.8 Å². The Hall–Kier alpha value is -0.870. The van der Waals surface area contributed by atoms with E-state index in [2.05, 4.69) is 33.8 Å². The number of hydrogen-bond donors (Lipinski definition) is 0. The first-order valence-corrected chi connectivity index (χ1v) is 7.90. The van der Waals surface area contributed by atoms with E-state index in [1.54, 1.807) is 7.11 Å². The first-order chi connectivity index (χ1) is 9.97. The van der Waals surface area contributed by atoms with Gasteiger partial charge in [0.1, 0.15) is 12.9 Å². The molecule has 1 atom stereocenters. The first-order valence-electron chi connectivity index (χ1n) is 7.90. The molecule has 0 aromatic heterocycles. The van der Waals surface area contributed by atoms with Crippen LogP contribution in [0.15, 0.2) is 12.2 Å². The molecule has 0 unspecified atom stereocenters. The molecular weight excluding hydrogens is 268 g/mol. The highest BCUT2D eigenvalue weighted by Crippen LogP contribution is 2.12. The molecule has 0 aliphatic heterocycles. The van der Waals surface area contributed by atoms with Crippen molar-refractivity contribution in [3.05, 3.63) is 12.2 Å². The fourth-order valence-electron chi connectivity index (χ4n) is 1.69. The maximum atomic E-state index is 11.8. The van der Waals surface area contributed by atoms with Crippen molar-refractivity contribution < 1.29 is 19.0 Å². The van der Waals surface area contributed by atoms with Crippen LogP contribution in [0.5, 0.6) is 0 Å². The van der Waals surface area contributed by atoms with Gasteiger partial charge < -0.3 is 14.2 Å². The number of methoxy groups -OCH3 is 1. The lowest BCUT2D eigenvalue weighted by molar-refractivity contribution is -0.148. The SMILES string of the molecule is COCOCCC/C=C/[C@@H](OC(=O)CCC(C)C)C(C)C. The fourth-order valence-corrected chi connectivity index (χ4v) is 1.69. The Bertz CT molecular complexity index is 285. The Labute approximate surface area is 129 Å². The molecule has 0 spiro atoms. The quantitative estimate of drug-likeness (QED) is 0.237. The molecule has 4 nitrogen and oxygen atoms in total. The first kappa shape index (κ1) is 20.1. The molecule has 0 radical (unpaired) electrons. The van der Waals surface area contributed by atoms with E-state index in [1.165, 1.54) is 0 Å². The normalized spacial score (nSPS) is 13.3. The average molecular weight is 300 g/mol. The highest BCUT2D eigenvalue weighted by Gasteiger charge is 2.15. The highest BCUT2D eigenvalue weighted by molar-refractivity contribution is 5.69. The Morgan fingerprint density at radius 3 is 2.48 bits per heavy atom. The Morgan fingerprint density at radius 2 is 1.90 bits per heavy atom. The van der Waals surface area contributed by atoms with Gasteiger partial charge in [-0.3, -0.25) is 4.79 Å². The molecule has 4 heteroatoms. The number of allylic oxidation sites excluding steroid dienone is 1. The van der Waals surface area contributed by atoms with Gasteiger partial charge in [0.15, 0.2) is 0 Å². The fraction of sp³-hybridized carbons (Fsp3) is 0.824. The summed E-state index contributed by atoms with van der Waals surface area (Å²) in [5.41, 5.74) is 0.